The van der Waals surface area contributed by atoms with Gasteiger partial charge in [0, 0.05) is 12.4 Å². The molecule has 0 aliphatic rings. The van der Waals surface area contributed by atoms with E-state index in [0.29, 0.717) is 0 Å². The van der Waals surface area contributed by atoms with Crippen LogP contribution in [0.1, 0.15) is 0 Å². The van der Waals surface area contributed by atoms with Crippen molar-refractivity contribution >= 4 is 0 Å². The Bertz CT molecular complexity index is 95.1. The van der Waals surface area contributed by atoms with Gasteiger partial charge in [-0.05, 0) is 12.1 Å². The van der Waals surface area contributed by atoms with Crippen LogP contribution in [0.4, 0.5) is 0 Å². The quantitative estimate of drug-likeness (QED) is 0.405. The maximum Gasteiger partial charge on any atom is 0.0267 e. The fourth-order valence-electron chi connectivity index (χ4n) is 0.313. The molecule has 0 saturated heterocycles. The van der Waals surface area contributed by atoms with Crippen LogP contribution in [-0.2, 0) is 5.04 Å². The van der Waals surface area contributed by atoms with Crippen LogP contribution in [0.25, 0.3) is 0 Å². The predicted octanol–water partition coefficient (Wildman–Crippen LogP) is 1.03. The van der Waals surface area contributed by atoms with Gasteiger partial charge in [-0.3, -0.25) is 4.98 Å². The summed E-state index contributed by atoms with van der Waals surface area (Å²) in [4.78, 5) is 3.78. The smallest absolute Gasteiger partial charge is 0.0267 e. The van der Waals surface area contributed by atoms with E-state index in [1.54, 1.807) is 12.4 Å². The van der Waals surface area contributed by atoms with Crippen molar-refractivity contribution < 1.29 is 15.6 Å². The second-order valence-corrected chi connectivity index (χ2v) is 1.11. The van der Waals surface area contributed by atoms with Gasteiger partial charge < -0.3 is 0 Å². The van der Waals surface area contributed by atoms with Crippen LogP contribution in [0.15, 0.2) is 30.6 Å². The minimum Gasteiger partial charge on any atom is -0.265 e. The normalized spacial score (nSPS) is 7.33. The molecule has 50 valence electrons. The molecule has 0 atom stereocenters. The largest absolute Gasteiger partial charge is 0.265 e. The Balaban J connectivity index is 0.000000187. The van der Waals surface area contributed by atoms with Crippen molar-refractivity contribution in [3.63, 3.8) is 0 Å². The number of nitrogens with zero attached hydrogens (tertiary/aromatic N) is 1. The van der Waals surface area contributed by atoms with Gasteiger partial charge >= 0.3 is 0 Å². The molecular formula is C5H7NO3. The van der Waals surface area contributed by atoms with Crippen LogP contribution >= 0.6 is 0 Å². The summed E-state index contributed by atoms with van der Waals surface area (Å²) in [6.07, 6.45) is 3.50. The third-order valence-electron chi connectivity index (χ3n) is 0.566. The van der Waals surface area contributed by atoms with Gasteiger partial charge in [0.15, 0.2) is 0 Å². The summed E-state index contributed by atoms with van der Waals surface area (Å²) < 4.78 is 0. The highest BCUT2D eigenvalue weighted by molar-refractivity contribution is 4.88. The van der Waals surface area contributed by atoms with Crippen molar-refractivity contribution in [1.82, 2.24) is 4.98 Å². The van der Waals surface area contributed by atoms with Gasteiger partial charge in [-0.25, -0.2) is 10.5 Å². The van der Waals surface area contributed by atoms with Gasteiger partial charge in [0.05, 0.1) is 0 Å². The molecule has 0 saturated carbocycles. The lowest BCUT2D eigenvalue weighted by Gasteiger charge is -1.70. The number of hydrogen-bond donors (Lipinski definition) is 2. The van der Waals surface area contributed by atoms with E-state index in [4.69, 9.17) is 10.5 Å². The molecule has 1 rings (SSSR count). The highest BCUT2D eigenvalue weighted by atomic mass is 17.4. The molecule has 0 fully saturated rings. The molecule has 9 heavy (non-hydrogen) atoms. The van der Waals surface area contributed by atoms with Crippen molar-refractivity contribution in [2.75, 3.05) is 0 Å². The summed E-state index contributed by atoms with van der Waals surface area (Å²) in [5.41, 5.74) is 0. The standard InChI is InChI=1S/C5H5N.H2O3/c1-2-4-6-5-3-1;1-3-2/h1-5H;1-2H. The first-order chi connectivity index (χ1) is 4.41. The first kappa shape index (κ1) is 8.03. The molecule has 0 aliphatic carbocycles. The van der Waals surface area contributed by atoms with Gasteiger partial charge in [0.2, 0.25) is 0 Å². The summed E-state index contributed by atoms with van der Waals surface area (Å²) in [7, 11) is 0. The van der Waals surface area contributed by atoms with Crippen LogP contribution < -0.4 is 0 Å². The van der Waals surface area contributed by atoms with E-state index in [1.165, 1.54) is 0 Å². The zero-order valence-corrected chi connectivity index (χ0v) is 4.64. The molecule has 4 heteroatoms. The van der Waals surface area contributed by atoms with Crippen molar-refractivity contribution in [3.05, 3.63) is 30.6 Å². The maximum atomic E-state index is 6.62. The highest BCUT2D eigenvalue weighted by Crippen LogP contribution is 1.73. The molecule has 0 amide bonds. The molecule has 1 aromatic heterocycles. The minimum absolute atomic E-state index is 1.75. The van der Waals surface area contributed by atoms with Crippen LogP contribution in [0.3, 0.4) is 0 Å². The molecule has 1 heterocycles. The molecule has 0 aliphatic heterocycles. The predicted molar refractivity (Wildman–Crippen MR) is 30.6 cm³/mol. The lowest BCUT2D eigenvalue weighted by molar-refractivity contribution is -0.465. The van der Waals surface area contributed by atoms with Crippen molar-refractivity contribution in [1.29, 1.82) is 0 Å². The topological polar surface area (TPSA) is 62.6 Å². The third kappa shape index (κ3) is 7.03. The van der Waals surface area contributed by atoms with E-state index in [1.807, 2.05) is 18.2 Å². The average molecular weight is 129 g/mol. The number of rotatable bonds is 0. The highest BCUT2D eigenvalue weighted by Gasteiger charge is 1.58. The second kappa shape index (κ2) is 7.03. The van der Waals surface area contributed by atoms with E-state index in [9.17, 15) is 0 Å². The lowest BCUT2D eigenvalue weighted by atomic mass is 10.5. The SMILES string of the molecule is OOO.c1ccncc1. The van der Waals surface area contributed by atoms with E-state index in [0.717, 1.165) is 0 Å². The number of aromatic nitrogens is 1. The zero-order chi connectivity index (χ0) is 6.95. The molecule has 0 unspecified atom stereocenters. The van der Waals surface area contributed by atoms with Crippen molar-refractivity contribution in [3.8, 4) is 0 Å². The molecular weight excluding hydrogens is 122 g/mol. The number of hydrogen-bond acceptors (Lipinski definition) is 4. The Morgan fingerprint density at radius 2 is 1.44 bits per heavy atom. The lowest BCUT2D eigenvalue weighted by Crippen LogP contribution is -1.60. The third-order valence-corrected chi connectivity index (χ3v) is 0.566. The Morgan fingerprint density at radius 1 is 1.00 bits per heavy atom. The van der Waals surface area contributed by atoms with E-state index in [2.05, 4.69) is 10.0 Å². The van der Waals surface area contributed by atoms with Crippen LogP contribution in [0.2, 0.25) is 0 Å². The summed E-state index contributed by atoms with van der Waals surface area (Å²) in [5.74, 6) is 0. The fourth-order valence-corrected chi connectivity index (χ4v) is 0.313. The summed E-state index contributed by atoms with van der Waals surface area (Å²) in [5, 5.41) is 15.5. The Hall–Kier alpha value is -0.970. The van der Waals surface area contributed by atoms with Crippen molar-refractivity contribution in [2.45, 2.75) is 0 Å². The van der Waals surface area contributed by atoms with E-state index in [-0.39, 0.29) is 0 Å². The van der Waals surface area contributed by atoms with Gasteiger partial charge in [0.25, 0.3) is 0 Å². The summed E-state index contributed by atoms with van der Waals surface area (Å²) >= 11 is 0. The molecule has 2 N–H and O–H groups in total. The van der Waals surface area contributed by atoms with Crippen LogP contribution in [0, 0.1) is 0 Å². The molecule has 0 aromatic carbocycles. The first-order valence-corrected chi connectivity index (χ1v) is 2.21. The molecule has 0 radical (unpaired) electrons. The Labute approximate surface area is 52.2 Å². The van der Waals surface area contributed by atoms with Gasteiger partial charge in [0.1, 0.15) is 0 Å². The average Bonchev–Trinajstić information content (AvgIpc) is 1.93. The zero-order valence-electron chi connectivity index (χ0n) is 4.64. The van der Waals surface area contributed by atoms with Crippen LogP contribution in [0.5, 0.6) is 0 Å². The summed E-state index contributed by atoms with van der Waals surface area (Å²) in [6, 6.07) is 5.72. The Kier molecular flexibility index (Phi) is 6.27. The minimum atomic E-state index is 1.75. The number of pyridine rings is 1. The molecule has 1 aromatic rings. The van der Waals surface area contributed by atoms with Crippen LogP contribution in [-0.4, -0.2) is 15.5 Å². The van der Waals surface area contributed by atoms with Gasteiger partial charge in [-0.15, -0.1) is 0 Å². The van der Waals surface area contributed by atoms with E-state index < -0.39 is 0 Å². The summed E-state index contributed by atoms with van der Waals surface area (Å²) in [6.45, 7) is 0. The monoisotopic (exact) mass is 129 g/mol. The maximum absolute atomic E-state index is 6.62. The second-order valence-electron chi connectivity index (χ2n) is 1.11. The molecule has 4 nitrogen and oxygen atoms in total. The van der Waals surface area contributed by atoms with E-state index >= 15 is 0 Å². The van der Waals surface area contributed by atoms with Gasteiger partial charge in [-0.2, -0.15) is 0 Å². The van der Waals surface area contributed by atoms with Crippen molar-refractivity contribution in [2.24, 2.45) is 0 Å². The fraction of sp³-hybridized carbons (Fsp3) is 0. The first-order valence-electron chi connectivity index (χ1n) is 2.21. The molecule has 0 bridgehead atoms. The molecule has 0 spiro atoms. The van der Waals surface area contributed by atoms with Gasteiger partial charge in [-0.1, -0.05) is 11.1 Å². The Morgan fingerprint density at radius 3 is 1.56 bits per heavy atom.